The van der Waals surface area contributed by atoms with Crippen LogP contribution in [0.3, 0.4) is 0 Å². The Morgan fingerprint density at radius 1 is 1.02 bits per heavy atom. The summed E-state index contributed by atoms with van der Waals surface area (Å²) in [6.45, 7) is 2.01. The molecule has 1 aromatic heterocycles. The van der Waals surface area contributed by atoms with Crippen LogP contribution < -0.4 is 15.8 Å². The Kier molecular flexibility index (Phi) is 12.4. The van der Waals surface area contributed by atoms with Gasteiger partial charge in [0.25, 0.3) is 0 Å². The van der Waals surface area contributed by atoms with Crippen LogP contribution >= 0.6 is 11.6 Å². The summed E-state index contributed by atoms with van der Waals surface area (Å²) < 4.78 is 90.9. The zero-order valence-corrected chi connectivity index (χ0v) is 26.8. The Morgan fingerprint density at radius 2 is 1.70 bits per heavy atom. The number of benzene rings is 2. The number of primary sulfonamides is 1. The Labute approximate surface area is 268 Å². The first-order valence-corrected chi connectivity index (χ1v) is 17.1. The summed E-state index contributed by atoms with van der Waals surface area (Å²) in [7, 11) is -8.48. The van der Waals surface area contributed by atoms with Crippen LogP contribution in [-0.2, 0) is 40.7 Å². The van der Waals surface area contributed by atoms with Gasteiger partial charge in [-0.2, -0.15) is 0 Å². The van der Waals surface area contributed by atoms with E-state index in [1.807, 2.05) is 0 Å². The Balaban J connectivity index is 1.53. The molecule has 0 aliphatic heterocycles. The number of sulfonamides is 1. The predicted octanol–water partition coefficient (Wildman–Crippen LogP) is 2.84. The van der Waals surface area contributed by atoms with Gasteiger partial charge in [0.1, 0.15) is 41.3 Å². The number of hydrogen-bond donors (Lipinski definition) is 3. The van der Waals surface area contributed by atoms with E-state index in [1.54, 1.807) is 12.1 Å². The van der Waals surface area contributed by atoms with Gasteiger partial charge in [-0.05, 0) is 50.2 Å². The molecule has 46 heavy (non-hydrogen) atoms. The van der Waals surface area contributed by atoms with E-state index < -0.39 is 84.3 Å². The molecule has 1 unspecified atom stereocenters. The first-order chi connectivity index (χ1) is 21.4. The minimum absolute atomic E-state index is 0.0482. The van der Waals surface area contributed by atoms with Crippen LogP contribution in [0.15, 0.2) is 58.0 Å². The van der Waals surface area contributed by atoms with E-state index in [0.717, 1.165) is 24.3 Å². The fraction of sp³-hybridized carbons (Fsp3) is 0.321. The van der Waals surface area contributed by atoms with Gasteiger partial charge in [-0.25, -0.2) is 35.5 Å². The largest absolute Gasteiger partial charge is 0.467 e. The second-order valence-corrected chi connectivity index (χ2v) is 14.1. The number of halogens is 3. The monoisotopic (exact) mass is 705 g/mol. The molecule has 13 nitrogen and oxygen atoms in total. The maximum Gasteiger partial charge on any atom is 0.340 e. The highest BCUT2D eigenvalue weighted by Crippen LogP contribution is 2.29. The summed E-state index contributed by atoms with van der Waals surface area (Å²) >= 11 is 6.04. The quantitative estimate of drug-likeness (QED) is 0.146. The highest BCUT2D eigenvalue weighted by molar-refractivity contribution is 7.92. The molecule has 0 aliphatic rings. The summed E-state index contributed by atoms with van der Waals surface area (Å²) in [5.74, 6) is -6.04. The lowest BCUT2D eigenvalue weighted by atomic mass is 10.0. The molecular formula is C28H30ClF2N3O10S2. The predicted molar refractivity (Wildman–Crippen MR) is 162 cm³/mol. The number of hydrogen-bond acceptors (Lipinski definition) is 12. The number of nitrogens with two attached hydrogens (primary N) is 1. The molecule has 0 amide bonds. The lowest BCUT2D eigenvalue weighted by Gasteiger charge is -2.19. The number of furan rings is 1. The summed E-state index contributed by atoms with van der Waals surface area (Å²) in [6.07, 6.45) is 1.42. The van der Waals surface area contributed by atoms with Crippen LogP contribution in [-0.4, -0.2) is 71.4 Å². The van der Waals surface area contributed by atoms with Crippen LogP contribution in [0.2, 0.25) is 5.02 Å². The van der Waals surface area contributed by atoms with Gasteiger partial charge in [-0.3, -0.25) is 9.59 Å². The zero-order chi connectivity index (χ0) is 34.2. The molecule has 0 radical (unpaired) electrons. The molecule has 4 N–H and O–H groups in total. The second-order valence-electron chi connectivity index (χ2n) is 10.0. The third-order valence-corrected chi connectivity index (χ3v) is 9.01. The highest BCUT2D eigenvalue weighted by atomic mass is 35.5. The van der Waals surface area contributed by atoms with Gasteiger partial charge in [0.05, 0.1) is 40.9 Å². The lowest BCUT2D eigenvalue weighted by Crippen LogP contribution is -2.42. The molecule has 0 bridgehead atoms. The zero-order valence-electron chi connectivity index (χ0n) is 24.4. The molecule has 2 atom stereocenters. The average Bonchev–Trinajstić information content (AvgIpc) is 3.46. The van der Waals surface area contributed by atoms with Crippen molar-refractivity contribution in [3.8, 4) is 0 Å². The number of carbonyl (C=O) groups excluding carboxylic acids is 3. The molecule has 0 fully saturated rings. The summed E-state index contributed by atoms with van der Waals surface area (Å²) in [6, 6.07) is 6.10. The van der Waals surface area contributed by atoms with Crippen LogP contribution in [0.25, 0.3) is 0 Å². The van der Waals surface area contributed by atoms with Crippen LogP contribution in [0, 0.1) is 11.6 Å². The summed E-state index contributed by atoms with van der Waals surface area (Å²) in [4.78, 5) is 36.9. The molecule has 0 spiro atoms. The minimum atomic E-state index is -4.34. The lowest BCUT2D eigenvalue weighted by molar-refractivity contribution is -0.141. The van der Waals surface area contributed by atoms with E-state index in [4.69, 9.17) is 30.6 Å². The molecule has 250 valence electrons. The van der Waals surface area contributed by atoms with Gasteiger partial charge in [0.2, 0.25) is 10.0 Å². The normalized spacial score (nSPS) is 13.1. The molecule has 3 aromatic rings. The fourth-order valence-corrected chi connectivity index (χ4v) is 6.05. The topological polar surface area (TPSA) is 201 Å². The van der Waals surface area contributed by atoms with Crippen molar-refractivity contribution < 1.29 is 53.9 Å². The van der Waals surface area contributed by atoms with Crippen molar-refractivity contribution in [1.29, 1.82) is 0 Å². The Hall–Kier alpha value is -3.90. The third-order valence-electron chi connectivity index (χ3n) is 6.17. The van der Waals surface area contributed by atoms with E-state index >= 15 is 0 Å². The highest BCUT2D eigenvalue weighted by Gasteiger charge is 2.24. The van der Waals surface area contributed by atoms with E-state index in [-0.39, 0.29) is 35.0 Å². The van der Waals surface area contributed by atoms with Crippen molar-refractivity contribution in [2.45, 2.75) is 37.4 Å². The van der Waals surface area contributed by atoms with E-state index in [9.17, 15) is 40.0 Å². The van der Waals surface area contributed by atoms with Gasteiger partial charge in [0.15, 0.2) is 15.6 Å². The number of Topliss-reactive ketones (excluding diaryl/α,β-unsaturated/α-hetero) is 1. The van der Waals surface area contributed by atoms with Crippen LogP contribution in [0.1, 0.15) is 40.3 Å². The van der Waals surface area contributed by atoms with Gasteiger partial charge in [-0.1, -0.05) is 11.6 Å². The number of nitrogens with one attached hydrogen (secondary N) is 2. The molecule has 3 rings (SSSR count). The molecule has 1 heterocycles. The van der Waals surface area contributed by atoms with E-state index in [2.05, 4.69) is 10.6 Å². The van der Waals surface area contributed by atoms with Crippen LogP contribution in [0.4, 0.5) is 14.5 Å². The van der Waals surface area contributed by atoms with Gasteiger partial charge in [0, 0.05) is 17.7 Å². The SMILES string of the molecule is CC(COC(=O)CS(=O)(=O)CCOC(=O)c1cc(S(N)(=O)=O)c(Cl)cc1NCc1ccco1)N[C@@H](C)C(=O)c1cc(F)cc(F)c1. The first-order valence-electron chi connectivity index (χ1n) is 13.4. The maximum atomic E-state index is 13.4. The van der Waals surface area contributed by atoms with Crippen molar-refractivity contribution in [3.63, 3.8) is 0 Å². The maximum absolute atomic E-state index is 13.4. The van der Waals surface area contributed by atoms with Crippen molar-refractivity contribution in [1.82, 2.24) is 5.32 Å². The van der Waals surface area contributed by atoms with E-state index in [1.165, 1.54) is 20.1 Å². The van der Waals surface area contributed by atoms with Gasteiger partial charge in [-0.15, -0.1) is 0 Å². The van der Waals surface area contributed by atoms with Gasteiger partial charge >= 0.3 is 11.9 Å². The minimum Gasteiger partial charge on any atom is -0.467 e. The van der Waals surface area contributed by atoms with Gasteiger partial charge < -0.3 is 24.5 Å². The Bertz CT molecular complexity index is 1780. The second kappa shape index (κ2) is 15.6. The number of carbonyl (C=O) groups is 3. The average molecular weight is 706 g/mol. The number of sulfone groups is 1. The van der Waals surface area contributed by atoms with Crippen molar-refractivity contribution in [2.75, 3.05) is 30.0 Å². The summed E-state index contributed by atoms with van der Waals surface area (Å²) in [5.41, 5.74) is -0.462. The first kappa shape index (κ1) is 36.6. The third kappa shape index (κ3) is 10.9. The number of rotatable bonds is 16. The van der Waals surface area contributed by atoms with Crippen LogP contribution in [0.5, 0.6) is 0 Å². The molecule has 0 aliphatic carbocycles. The number of esters is 2. The van der Waals surface area contributed by atoms with E-state index in [0.29, 0.717) is 11.8 Å². The van der Waals surface area contributed by atoms with Crippen molar-refractivity contribution in [3.05, 3.63) is 82.3 Å². The van der Waals surface area contributed by atoms with Crippen molar-refractivity contribution >= 4 is 54.9 Å². The number of ketones is 1. The molecule has 0 saturated heterocycles. The standard InChI is InChI=1S/C28H30ClF2N3O10S2/c1-16(34-17(2)27(36)18-8-19(30)10-20(31)9-18)14-44-26(35)15-45(38,39)7-6-43-28(37)22-11-25(46(32,40)41)23(29)12-24(22)33-13-21-4-3-5-42-21/h3-5,8-12,16-17,33-34H,6-7,13-15H2,1-2H3,(H2,32,40,41)/t16?,17-/m0/s1. The van der Waals surface area contributed by atoms with Crippen molar-refractivity contribution in [2.24, 2.45) is 5.14 Å². The number of ether oxygens (including phenoxy) is 2. The summed E-state index contributed by atoms with van der Waals surface area (Å²) in [5, 5.41) is 10.5. The Morgan fingerprint density at radius 3 is 2.30 bits per heavy atom. The smallest absolute Gasteiger partial charge is 0.340 e. The number of anilines is 1. The molecule has 2 aromatic carbocycles. The molecule has 18 heteroatoms. The fourth-order valence-electron chi connectivity index (χ4n) is 4.03. The molecule has 0 saturated carbocycles. The molecular weight excluding hydrogens is 676 g/mol.